The summed E-state index contributed by atoms with van der Waals surface area (Å²) in [5, 5.41) is 10.7. The smallest absolute Gasteiger partial charge is 0.294 e. The highest BCUT2D eigenvalue weighted by atomic mass is 32.2. The zero-order valence-electron chi connectivity index (χ0n) is 9.44. The molecule has 2 unspecified atom stereocenters. The number of non-ortho nitro benzene ring substituents is 1. The molecule has 7 nitrogen and oxygen atoms in total. The molecule has 0 radical (unpaired) electrons. The third kappa shape index (κ3) is 2.50. The zero-order valence-corrected chi connectivity index (χ0v) is 10.3. The van der Waals surface area contributed by atoms with E-state index in [1.54, 1.807) is 6.92 Å². The molecule has 18 heavy (non-hydrogen) atoms. The predicted molar refractivity (Wildman–Crippen MR) is 61.1 cm³/mol. The largest absolute Gasteiger partial charge is 0.372 e. The Labute approximate surface area is 103 Å². The normalized spacial score (nSPS) is 20.4. The third-order valence-electron chi connectivity index (χ3n) is 2.89. The van der Waals surface area contributed by atoms with E-state index in [0.29, 0.717) is 6.61 Å². The van der Waals surface area contributed by atoms with Crippen molar-refractivity contribution < 1.29 is 22.6 Å². The molecule has 0 aromatic heterocycles. The predicted octanol–water partition coefficient (Wildman–Crippen LogP) is 1.34. The van der Waals surface area contributed by atoms with Crippen LogP contribution in [0.2, 0.25) is 0 Å². The Hall–Kier alpha value is -1.51. The highest BCUT2D eigenvalue weighted by molar-refractivity contribution is 7.85. The number of ether oxygens (including phenoxy) is 1. The molecule has 0 saturated carbocycles. The number of hydrogen-bond acceptors (Lipinski definition) is 5. The van der Waals surface area contributed by atoms with Crippen LogP contribution in [0.3, 0.4) is 0 Å². The highest BCUT2D eigenvalue weighted by Gasteiger charge is 2.34. The zero-order chi connectivity index (χ0) is 13.5. The molecule has 2 atom stereocenters. The molecule has 1 heterocycles. The summed E-state index contributed by atoms with van der Waals surface area (Å²) in [5.74, 6) is -0.332. The van der Waals surface area contributed by atoms with E-state index in [-0.39, 0.29) is 28.2 Å². The van der Waals surface area contributed by atoms with Crippen LogP contribution < -0.4 is 0 Å². The van der Waals surface area contributed by atoms with E-state index in [1.807, 2.05) is 0 Å². The average Bonchev–Trinajstić information content (AvgIpc) is 3.09. The van der Waals surface area contributed by atoms with Crippen LogP contribution in [0.25, 0.3) is 0 Å². The second-order valence-electron chi connectivity index (χ2n) is 4.11. The van der Waals surface area contributed by atoms with E-state index in [9.17, 15) is 18.5 Å². The lowest BCUT2D eigenvalue weighted by Crippen LogP contribution is -2.10. The molecular weight excluding hydrogens is 262 g/mol. The van der Waals surface area contributed by atoms with E-state index in [0.717, 1.165) is 18.2 Å². The van der Waals surface area contributed by atoms with Gasteiger partial charge in [-0.25, -0.2) is 0 Å². The monoisotopic (exact) mass is 273 g/mol. The van der Waals surface area contributed by atoms with E-state index in [2.05, 4.69) is 0 Å². The van der Waals surface area contributed by atoms with Crippen LogP contribution in [0, 0.1) is 10.1 Å². The van der Waals surface area contributed by atoms with Gasteiger partial charge >= 0.3 is 0 Å². The van der Waals surface area contributed by atoms with Crippen LogP contribution in [0.5, 0.6) is 0 Å². The Kier molecular flexibility index (Phi) is 3.09. The van der Waals surface area contributed by atoms with Crippen molar-refractivity contribution >= 4 is 15.8 Å². The first-order valence-corrected chi connectivity index (χ1v) is 6.62. The van der Waals surface area contributed by atoms with E-state index in [4.69, 9.17) is 9.29 Å². The van der Waals surface area contributed by atoms with E-state index >= 15 is 0 Å². The Balaban J connectivity index is 2.56. The van der Waals surface area contributed by atoms with Crippen LogP contribution in [0.15, 0.2) is 23.1 Å². The number of rotatable bonds is 4. The number of nitro benzene ring substituents is 1. The highest BCUT2D eigenvalue weighted by Crippen LogP contribution is 2.35. The van der Waals surface area contributed by atoms with Gasteiger partial charge in [0.05, 0.1) is 22.5 Å². The summed E-state index contributed by atoms with van der Waals surface area (Å²) in [6, 6.07) is 3.25. The standard InChI is InChI=1S/C10H11NO6S/c1-6(9-5-17-9)8-4-7(11(12)13)2-3-10(8)18(14,15)16/h2-4,6,9H,5H2,1H3,(H,14,15,16). The fourth-order valence-corrected chi connectivity index (χ4v) is 2.57. The van der Waals surface area contributed by atoms with Crippen molar-refractivity contribution in [3.8, 4) is 0 Å². The van der Waals surface area contributed by atoms with Gasteiger partial charge < -0.3 is 4.74 Å². The van der Waals surface area contributed by atoms with Gasteiger partial charge in [-0.05, 0) is 11.6 Å². The van der Waals surface area contributed by atoms with Crippen molar-refractivity contribution in [2.45, 2.75) is 23.8 Å². The van der Waals surface area contributed by atoms with Crippen molar-refractivity contribution in [3.05, 3.63) is 33.9 Å². The van der Waals surface area contributed by atoms with Crippen molar-refractivity contribution in [3.63, 3.8) is 0 Å². The molecule has 8 heteroatoms. The molecule has 1 aliphatic heterocycles. The number of epoxide rings is 1. The molecule has 1 N–H and O–H groups in total. The Morgan fingerprint density at radius 3 is 2.61 bits per heavy atom. The maximum absolute atomic E-state index is 11.2. The minimum atomic E-state index is -4.40. The molecule has 2 rings (SSSR count). The number of benzene rings is 1. The molecule has 98 valence electrons. The van der Waals surface area contributed by atoms with Gasteiger partial charge in [0.1, 0.15) is 0 Å². The summed E-state index contributed by atoms with van der Waals surface area (Å²) in [6.07, 6.45) is -0.160. The summed E-state index contributed by atoms with van der Waals surface area (Å²) in [4.78, 5) is 9.76. The summed E-state index contributed by atoms with van der Waals surface area (Å²) >= 11 is 0. The Morgan fingerprint density at radius 2 is 2.17 bits per heavy atom. The minimum absolute atomic E-state index is 0.160. The molecular formula is C10H11NO6S. The number of nitro groups is 1. The molecule has 1 saturated heterocycles. The van der Waals surface area contributed by atoms with Crippen molar-refractivity contribution in [2.75, 3.05) is 6.61 Å². The van der Waals surface area contributed by atoms with Gasteiger partial charge in [-0.1, -0.05) is 6.92 Å². The van der Waals surface area contributed by atoms with Crippen molar-refractivity contribution in [2.24, 2.45) is 0 Å². The molecule has 1 aromatic rings. The van der Waals surface area contributed by atoms with Crippen LogP contribution >= 0.6 is 0 Å². The maximum atomic E-state index is 11.2. The van der Waals surface area contributed by atoms with Gasteiger partial charge in [0.25, 0.3) is 15.8 Å². The molecule has 0 amide bonds. The molecule has 1 aliphatic rings. The van der Waals surface area contributed by atoms with Crippen molar-refractivity contribution in [1.29, 1.82) is 0 Å². The lowest BCUT2D eigenvalue weighted by Gasteiger charge is -2.12. The molecule has 1 fully saturated rings. The van der Waals surface area contributed by atoms with Gasteiger partial charge in [0.15, 0.2) is 0 Å². The van der Waals surface area contributed by atoms with Crippen molar-refractivity contribution in [1.82, 2.24) is 0 Å². The second-order valence-corrected chi connectivity index (χ2v) is 5.50. The number of hydrogen-bond donors (Lipinski definition) is 1. The van der Waals surface area contributed by atoms with Gasteiger partial charge in [-0.3, -0.25) is 14.7 Å². The first kappa shape index (κ1) is 12.9. The maximum Gasteiger partial charge on any atom is 0.294 e. The minimum Gasteiger partial charge on any atom is -0.372 e. The Morgan fingerprint density at radius 1 is 1.56 bits per heavy atom. The van der Waals surface area contributed by atoms with Crippen LogP contribution in [0.4, 0.5) is 5.69 Å². The summed E-state index contributed by atoms with van der Waals surface area (Å²) in [7, 11) is -4.40. The van der Waals surface area contributed by atoms with E-state index < -0.39 is 15.0 Å². The van der Waals surface area contributed by atoms with Gasteiger partial charge in [0.2, 0.25) is 0 Å². The summed E-state index contributed by atoms with van der Waals surface area (Å²) in [6.45, 7) is 2.18. The first-order chi connectivity index (χ1) is 8.30. The fourth-order valence-electron chi connectivity index (χ4n) is 1.78. The van der Waals surface area contributed by atoms with Crippen LogP contribution in [0.1, 0.15) is 18.4 Å². The fraction of sp³-hybridized carbons (Fsp3) is 0.400. The van der Waals surface area contributed by atoms with Crippen LogP contribution in [-0.2, 0) is 14.9 Å². The lowest BCUT2D eigenvalue weighted by molar-refractivity contribution is -0.385. The topological polar surface area (TPSA) is 110 Å². The molecule has 1 aromatic carbocycles. The SMILES string of the molecule is CC(c1cc([N+](=O)[O-])ccc1S(=O)(=O)O)C1CO1. The quantitative estimate of drug-likeness (QED) is 0.383. The average molecular weight is 273 g/mol. The van der Waals surface area contributed by atoms with Gasteiger partial charge in [-0.2, -0.15) is 8.42 Å². The first-order valence-electron chi connectivity index (χ1n) is 5.18. The molecule has 0 bridgehead atoms. The van der Waals surface area contributed by atoms with Gasteiger partial charge in [-0.15, -0.1) is 0 Å². The van der Waals surface area contributed by atoms with Crippen LogP contribution in [-0.4, -0.2) is 30.6 Å². The lowest BCUT2D eigenvalue weighted by atomic mass is 9.97. The molecule has 0 aliphatic carbocycles. The van der Waals surface area contributed by atoms with Gasteiger partial charge in [0, 0.05) is 18.1 Å². The second kappa shape index (κ2) is 4.30. The third-order valence-corrected chi connectivity index (χ3v) is 3.82. The Bertz CT molecular complexity index is 592. The molecule has 0 spiro atoms. The number of nitrogens with zero attached hydrogens (tertiary/aromatic N) is 1. The summed E-state index contributed by atoms with van der Waals surface area (Å²) in [5.41, 5.74) is -0.0147. The summed E-state index contributed by atoms with van der Waals surface area (Å²) < 4.78 is 36.6. The van der Waals surface area contributed by atoms with E-state index in [1.165, 1.54) is 0 Å².